The van der Waals surface area contributed by atoms with Gasteiger partial charge in [-0.2, -0.15) is 0 Å². The quantitative estimate of drug-likeness (QED) is 0.322. The highest BCUT2D eigenvalue weighted by molar-refractivity contribution is 5.87. The van der Waals surface area contributed by atoms with Gasteiger partial charge in [0, 0.05) is 13.1 Å². The van der Waals surface area contributed by atoms with E-state index in [0.717, 1.165) is 0 Å². The topological polar surface area (TPSA) is 108 Å². The summed E-state index contributed by atoms with van der Waals surface area (Å²) < 4.78 is 0. The molecule has 0 aromatic rings. The van der Waals surface area contributed by atoms with Crippen molar-refractivity contribution < 1.29 is 19.6 Å². The third-order valence-corrected chi connectivity index (χ3v) is 3.04. The van der Waals surface area contributed by atoms with Crippen LogP contribution in [0.4, 0.5) is 4.79 Å². The Balaban J connectivity index is 1.93. The highest BCUT2D eigenvalue weighted by Gasteiger charge is 2.46. The number of hydrogen-bond donors (Lipinski definition) is 3. The molecule has 8 heteroatoms. The lowest BCUT2D eigenvalue weighted by molar-refractivity contribution is -0.138. The number of hydroxylamine groups is 3. The fourth-order valence-corrected chi connectivity index (χ4v) is 2.17. The predicted molar refractivity (Wildman–Crippen MR) is 55.7 cm³/mol. The van der Waals surface area contributed by atoms with Crippen molar-refractivity contribution in [3.8, 4) is 0 Å². The summed E-state index contributed by atoms with van der Waals surface area (Å²) in [6.07, 6.45) is 1.12. The number of nitrogens with zero attached hydrogens (tertiary/aromatic N) is 2. The molecule has 0 aromatic carbocycles. The number of nitrogens with one attached hydrogen (secondary N) is 1. The Kier molecular flexibility index (Phi) is 3.46. The van der Waals surface area contributed by atoms with Crippen LogP contribution in [0.5, 0.6) is 0 Å². The van der Waals surface area contributed by atoms with Gasteiger partial charge in [-0.05, 0) is 12.8 Å². The number of rotatable bonds is 4. The Labute approximate surface area is 98.2 Å². The summed E-state index contributed by atoms with van der Waals surface area (Å²) in [4.78, 5) is 29.5. The SMILES string of the molecule is NCCONC(=O)[C@@H]1CC[C@@H]2CN1C(=O)N2O. The van der Waals surface area contributed by atoms with E-state index in [1.807, 2.05) is 0 Å². The first-order chi connectivity index (χ1) is 8.15. The van der Waals surface area contributed by atoms with Gasteiger partial charge in [0.25, 0.3) is 5.91 Å². The Morgan fingerprint density at radius 3 is 3.06 bits per heavy atom. The molecule has 2 fully saturated rings. The maximum atomic E-state index is 11.7. The molecule has 8 nitrogen and oxygen atoms in total. The van der Waals surface area contributed by atoms with Crippen molar-refractivity contribution in [1.82, 2.24) is 15.4 Å². The Bertz CT molecular complexity index is 324. The molecule has 4 N–H and O–H groups in total. The first-order valence-corrected chi connectivity index (χ1v) is 5.55. The van der Waals surface area contributed by atoms with Crippen LogP contribution >= 0.6 is 0 Å². The van der Waals surface area contributed by atoms with Crippen molar-refractivity contribution in [3.05, 3.63) is 0 Å². The molecule has 96 valence electrons. The van der Waals surface area contributed by atoms with Gasteiger partial charge in [-0.1, -0.05) is 0 Å². The summed E-state index contributed by atoms with van der Waals surface area (Å²) >= 11 is 0. The number of carbonyl (C=O) groups excluding carboxylic acids is 2. The summed E-state index contributed by atoms with van der Waals surface area (Å²) in [5, 5.41) is 10.1. The largest absolute Gasteiger partial charge is 0.344 e. The van der Waals surface area contributed by atoms with Crippen molar-refractivity contribution in [2.45, 2.75) is 24.9 Å². The highest BCUT2D eigenvalue weighted by Crippen LogP contribution is 2.28. The summed E-state index contributed by atoms with van der Waals surface area (Å²) in [5.41, 5.74) is 7.47. The smallest absolute Gasteiger partial charge is 0.328 e. The first-order valence-electron chi connectivity index (χ1n) is 5.55. The number of amides is 3. The number of fused-ring (bicyclic) bond motifs is 2. The van der Waals surface area contributed by atoms with Gasteiger partial charge in [-0.3, -0.25) is 14.8 Å². The number of carbonyl (C=O) groups is 2. The van der Waals surface area contributed by atoms with Gasteiger partial charge in [0.2, 0.25) is 0 Å². The van der Waals surface area contributed by atoms with Gasteiger partial charge in [-0.25, -0.2) is 15.3 Å². The van der Waals surface area contributed by atoms with Crippen LogP contribution in [-0.4, -0.2) is 58.9 Å². The highest BCUT2D eigenvalue weighted by atomic mass is 16.7. The van der Waals surface area contributed by atoms with E-state index in [9.17, 15) is 14.8 Å². The molecule has 2 saturated heterocycles. The molecule has 2 atom stereocenters. The number of hydrogen-bond acceptors (Lipinski definition) is 5. The molecule has 17 heavy (non-hydrogen) atoms. The molecule has 0 aromatic heterocycles. The number of piperidine rings is 1. The van der Waals surface area contributed by atoms with Crippen molar-refractivity contribution in [3.63, 3.8) is 0 Å². The van der Waals surface area contributed by atoms with Gasteiger partial charge >= 0.3 is 6.03 Å². The molecule has 0 spiro atoms. The van der Waals surface area contributed by atoms with E-state index in [-0.39, 0.29) is 18.6 Å². The molecule has 0 unspecified atom stereocenters. The second-order valence-electron chi connectivity index (χ2n) is 4.13. The van der Waals surface area contributed by atoms with Gasteiger partial charge in [0.05, 0.1) is 12.6 Å². The Morgan fingerprint density at radius 2 is 2.35 bits per heavy atom. The molecule has 3 amide bonds. The van der Waals surface area contributed by atoms with Gasteiger partial charge in [0.15, 0.2) is 0 Å². The normalized spacial score (nSPS) is 27.5. The van der Waals surface area contributed by atoms with E-state index in [0.29, 0.717) is 31.0 Å². The minimum atomic E-state index is -0.575. The number of urea groups is 1. The minimum Gasteiger partial charge on any atom is -0.328 e. The monoisotopic (exact) mass is 244 g/mol. The van der Waals surface area contributed by atoms with E-state index in [2.05, 4.69) is 5.48 Å². The average Bonchev–Trinajstić information content (AvgIpc) is 2.55. The van der Waals surface area contributed by atoms with E-state index >= 15 is 0 Å². The van der Waals surface area contributed by atoms with Crippen molar-refractivity contribution in [2.24, 2.45) is 5.73 Å². The van der Waals surface area contributed by atoms with Crippen LogP contribution in [0, 0.1) is 0 Å². The third kappa shape index (κ3) is 2.19. The Morgan fingerprint density at radius 1 is 1.59 bits per heavy atom. The molecule has 2 aliphatic rings. The summed E-state index contributed by atoms with van der Waals surface area (Å²) in [6.45, 7) is 0.908. The van der Waals surface area contributed by atoms with Crippen LogP contribution in [0.25, 0.3) is 0 Å². The fraction of sp³-hybridized carbons (Fsp3) is 0.778. The van der Waals surface area contributed by atoms with Crippen molar-refractivity contribution in [2.75, 3.05) is 19.7 Å². The minimum absolute atomic E-state index is 0.198. The average molecular weight is 244 g/mol. The lowest BCUT2D eigenvalue weighted by Crippen LogP contribution is -2.49. The van der Waals surface area contributed by atoms with E-state index in [4.69, 9.17) is 10.6 Å². The zero-order chi connectivity index (χ0) is 12.4. The van der Waals surface area contributed by atoms with Gasteiger partial charge in [-0.15, -0.1) is 0 Å². The van der Waals surface area contributed by atoms with Crippen LogP contribution < -0.4 is 11.2 Å². The lowest BCUT2D eigenvalue weighted by atomic mass is 10.0. The second kappa shape index (κ2) is 4.86. The standard InChI is InChI=1S/C9H16N4O4/c10-3-4-17-11-8(14)7-2-1-6-5-12(7)9(15)13(6)16/h6-7,16H,1-5,10H2,(H,11,14)/t6-,7+/m1/s1. The lowest BCUT2D eigenvalue weighted by Gasteiger charge is -2.28. The van der Waals surface area contributed by atoms with Crippen LogP contribution in [0.3, 0.4) is 0 Å². The molecule has 2 rings (SSSR count). The maximum Gasteiger partial charge on any atom is 0.344 e. The zero-order valence-corrected chi connectivity index (χ0v) is 9.33. The third-order valence-electron chi connectivity index (χ3n) is 3.04. The molecule has 0 aliphatic carbocycles. The van der Waals surface area contributed by atoms with Crippen LogP contribution in [0.1, 0.15) is 12.8 Å². The second-order valence-corrected chi connectivity index (χ2v) is 4.13. The van der Waals surface area contributed by atoms with Crippen LogP contribution in [0.2, 0.25) is 0 Å². The van der Waals surface area contributed by atoms with Gasteiger partial charge < -0.3 is 10.6 Å². The zero-order valence-electron chi connectivity index (χ0n) is 9.33. The van der Waals surface area contributed by atoms with Gasteiger partial charge in [0.1, 0.15) is 6.04 Å². The van der Waals surface area contributed by atoms with E-state index in [1.165, 1.54) is 4.90 Å². The molecule has 2 aliphatic heterocycles. The summed E-state index contributed by atoms with van der Waals surface area (Å²) in [5.74, 6) is -0.374. The molecule has 2 heterocycles. The first kappa shape index (κ1) is 12.1. The molecule has 0 radical (unpaired) electrons. The summed E-state index contributed by atoms with van der Waals surface area (Å²) in [7, 11) is 0. The Hall–Kier alpha value is -1.38. The molecule has 0 saturated carbocycles. The summed E-state index contributed by atoms with van der Waals surface area (Å²) in [6, 6.07) is -1.29. The molecular formula is C9H16N4O4. The van der Waals surface area contributed by atoms with Crippen molar-refractivity contribution >= 4 is 11.9 Å². The predicted octanol–water partition coefficient (Wildman–Crippen LogP) is -1.35. The van der Waals surface area contributed by atoms with E-state index < -0.39 is 12.1 Å². The van der Waals surface area contributed by atoms with Crippen LogP contribution in [-0.2, 0) is 9.63 Å². The molecular weight excluding hydrogens is 228 g/mol. The maximum absolute atomic E-state index is 11.7. The van der Waals surface area contributed by atoms with Crippen molar-refractivity contribution in [1.29, 1.82) is 0 Å². The fourth-order valence-electron chi connectivity index (χ4n) is 2.17. The van der Waals surface area contributed by atoms with E-state index in [1.54, 1.807) is 0 Å². The number of nitrogens with two attached hydrogens (primary N) is 1. The molecule has 2 bridgehead atoms. The van der Waals surface area contributed by atoms with Crippen LogP contribution in [0.15, 0.2) is 0 Å².